The summed E-state index contributed by atoms with van der Waals surface area (Å²) in [5.41, 5.74) is 5.57. The lowest BCUT2D eigenvalue weighted by atomic mass is 9.78. The summed E-state index contributed by atoms with van der Waals surface area (Å²) in [7, 11) is 7.36. The molecule has 2 fully saturated rings. The predicted octanol–water partition coefficient (Wildman–Crippen LogP) is 14.0. The maximum atomic E-state index is 14.8. The zero-order valence-electron chi connectivity index (χ0n) is 39.8. The Balaban J connectivity index is 0.000000239. The van der Waals surface area contributed by atoms with Crippen LogP contribution in [0, 0.1) is 23.5 Å². The molecule has 25 heteroatoms. The van der Waals surface area contributed by atoms with E-state index in [2.05, 4.69) is 46.1 Å². The van der Waals surface area contributed by atoms with Crippen molar-refractivity contribution < 1.29 is 72.3 Å². The standard InChI is InChI=1S/C26H22ClF5N2O2.C21H16ClF5N2O.C5H8O2.Cl2OS/c27-19-9-10-22(33-15-19)25(14-16-5-2-1-3-6-16,34-23(35)17-7-4-8-17)18-11-20(28)13-21(12-18)36-26(31,32)24(29)30;22-15-6-7-18(29-12-15)20(28,11-13-4-2-1-3-5-13)14-8-16(23)10-17(9-14)30-21(26,27)19(24)25;6-5(7)4-2-1-3-4;1-4(2)3/h1-3,5-6,9-13,15,17,24H,4,7-8,14H2,(H,34,35);1-10,12,19H,11,28H2;4H,1-3H2,(H,6,7);/t25-;20-;;/m00../s1. The highest BCUT2D eigenvalue weighted by molar-refractivity contribution is 8.26. The van der Waals surface area contributed by atoms with E-state index in [4.69, 9.17) is 38.3 Å². The van der Waals surface area contributed by atoms with Crippen LogP contribution in [0.15, 0.2) is 134 Å². The molecule has 2 aliphatic rings. The monoisotopic (exact) mass is 1180 g/mol. The first kappa shape index (κ1) is 62.1. The van der Waals surface area contributed by atoms with E-state index >= 15 is 0 Å². The molecule has 1 amide bonds. The predicted molar refractivity (Wildman–Crippen MR) is 271 cm³/mol. The van der Waals surface area contributed by atoms with Crippen LogP contribution in [0.5, 0.6) is 11.5 Å². The Morgan fingerprint density at radius 3 is 1.44 bits per heavy atom. The highest BCUT2D eigenvalue weighted by Gasteiger charge is 2.46. The molecular formula is C52H46Cl4F10N4O6S. The Hall–Kier alpha value is -5.71. The van der Waals surface area contributed by atoms with Gasteiger partial charge in [0, 0.05) is 64.7 Å². The van der Waals surface area contributed by atoms with Crippen molar-refractivity contribution in [2.45, 2.75) is 87.5 Å². The molecule has 4 N–H and O–H groups in total. The highest BCUT2D eigenvalue weighted by atomic mass is 36.0. The molecule has 0 bridgehead atoms. The molecule has 0 unspecified atom stereocenters. The van der Waals surface area contributed by atoms with Gasteiger partial charge in [-0.2, -0.15) is 35.1 Å². The first-order valence-corrected chi connectivity index (χ1v) is 26.5. The maximum Gasteiger partial charge on any atom is 0.461 e. The van der Waals surface area contributed by atoms with Gasteiger partial charge in [-0.25, -0.2) is 13.0 Å². The Bertz CT molecular complexity index is 2900. The number of benzene rings is 4. The largest absolute Gasteiger partial charge is 0.481 e. The highest BCUT2D eigenvalue weighted by Crippen LogP contribution is 2.40. The quantitative estimate of drug-likeness (QED) is 0.0598. The summed E-state index contributed by atoms with van der Waals surface area (Å²) in [6.45, 7) is 0. The molecule has 2 saturated carbocycles. The van der Waals surface area contributed by atoms with Gasteiger partial charge < -0.3 is 25.6 Å². The van der Waals surface area contributed by atoms with Crippen LogP contribution in [-0.2, 0) is 42.7 Å². The third kappa shape index (κ3) is 17.9. The van der Waals surface area contributed by atoms with Crippen LogP contribution < -0.4 is 20.5 Å². The summed E-state index contributed by atoms with van der Waals surface area (Å²) in [6.07, 6.45) is -9.90. The van der Waals surface area contributed by atoms with Crippen LogP contribution in [0.4, 0.5) is 43.9 Å². The van der Waals surface area contributed by atoms with Gasteiger partial charge in [-0.15, -0.1) is 0 Å². The number of carbonyl (C=O) groups excluding carboxylic acids is 1. The molecule has 0 radical (unpaired) electrons. The average molecular weight is 1190 g/mol. The molecule has 6 aromatic rings. The third-order valence-corrected chi connectivity index (χ3v) is 12.5. The van der Waals surface area contributed by atoms with Crippen molar-refractivity contribution in [3.8, 4) is 11.5 Å². The van der Waals surface area contributed by atoms with Gasteiger partial charge in [0.05, 0.1) is 32.9 Å². The number of carboxylic acid groups (broad SMARTS) is 1. The van der Waals surface area contributed by atoms with Gasteiger partial charge in [0.25, 0.3) is 0 Å². The van der Waals surface area contributed by atoms with Crippen LogP contribution in [0.25, 0.3) is 0 Å². The number of aromatic nitrogens is 2. The van der Waals surface area contributed by atoms with Gasteiger partial charge in [-0.1, -0.05) is 96.7 Å². The molecule has 0 saturated heterocycles. The molecule has 8 rings (SSSR count). The number of nitrogens with zero attached hydrogens (tertiary/aromatic N) is 2. The normalized spacial score (nSPS) is 15.1. The molecule has 0 spiro atoms. The molecule has 2 aliphatic carbocycles. The summed E-state index contributed by atoms with van der Waals surface area (Å²) in [6, 6.07) is 29.1. The van der Waals surface area contributed by atoms with Crippen LogP contribution in [-0.4, -0.2) is 56.2 Å². The Morgan fingerprint density at radius 2 is 1.06 bits per heavy atom. The lowest BCUT2D eigenvalue weighted by molar-refractivity contribution is -0.253. The zero-order chi connectivity index (χ0) is 56.7. The van der Waals surface area contributed by atoms with Gasteiger partial charge in [-0.05, 0) is 96.5 Å². The van der Waals surface area contributed by atoms with Gasteiger partial charge >= 0.3 is 31.0 Å². The van der Waals surface area contributed by atoms with Crippen molar-refractivity contribution in [2.24, 2.45) is 17.6 Å². The van der Waals surface area contributed by atoms with Crippen LogP contribution in [0.3, 0.4) is 0 Å². The fourth-order valence-electron chi connectivity index (χ4n) is 7.74. The summed E-state index contributed by atoms with van der Waals surface area (Å²) in [5, 5.41) is 11.8. The number of nitrogens with two attached hydrogens (primary N) is 1. The number of aliphatic carboxylic acids is 1. The van der Waals surface area contributed by atoms with Gasteiger partial charge in [0.2, 0.25) is 15.1 Å². The lowest BCUT2D eigenvalue weighted by Gasteiger charge is -2.38. The second kappa shape index (κ2) is 27.7. The Kier molecular flexibility index (Phi) is 22.4. The van der Waals surface area contributed by atoms with E-state index in [-0.39, 0.29) is 53.1 Å². The number of hydrogen-bond acceptors (Lipinski definition) is 8. The number of amides is 1. The minimum absolute atomic E-state index is 0.000000000000000444. The molecular weight excluding hydrogens is 1140 g/mol. The summed E-state index contributed by atoms with van der Waals surface area (Å²) >= 11 is 11.9. The topological polar surface area (TPSA) is 154 Å². The van der Waals surface area contributed by atoms with Crippen molar-refractivity contribution >= 4 is 65.7 Å². The van der Waals surface area contributed by atoms with Gasteiger partial charge in [0.1, 0.15) is 28.7 Å². The van der Waals surface area contributed by atoms with E-state index in [1.165, 1.54) is 36.7 Å². The average Bonchev–Trinajstić information content (AvgIpc) is 3.30. The van der Waals surface area contributed by atoms with Crippen LogP contribution in [0.1, 0.15) is 72.2 Å². The van der Waals surface area contributed by atoms with Gasteiger partial charge in [-0.3, -0.25) is 19.6 Å². The molecule has 2 heterocycles. The fourth-order valence-corrected chi connectivity index (χ4v) is 7.96. The fraction of sp³-hybridized carbons (Fsp3) is 0.308. The van der Waals surface area contributed by atoms with E-state index < -0.39 is 74.5 Å². The second-order valence-corrected chi connectivity index (χ2v) is 20.9. The summed E-state index contributed by atoms with van der Waals surface area (Å²) < 4.78 is 151. The number of hydrogen-bond donors (Lipinski definition) is 3. The first-order chi connectivity index (χ1) is 36.2. The van der Waals surface area contributed by atoms with Crippen LogP contribution in [0.2, 0.25) is 10.0 Å². The SMILES string of the molecule is N[C@@](Cc1ccccc1)(c1cc(F)cc(OC(F)(F)C(F)F)c1)c1ccc(Cl)cn1.O=C(N[C@@](Cc1ccccc1)(c1cc(F)cc(OC(F)(F)C(F)F)c1)c1ccc(Cl)cn1)C1CCC1.O=C(O)C1CCC1.O=S(Cl)Cl. The Morgan fingerprint density at radius 1 is 0.649 bits per heavy atom. The van der Waals surface area contributed by atoms with E-state index in [0.717, 1.165) is 55.5 Å². The number of carbonyl (C=O) groups is 2. The van der Waals surface area contributed by atoms with Crippen molar-refractivity contribution in [2.75, 3.05) is 0 Å². The van der Waals surface area contributed by atoms with Crippen molar-refractivity contribution in [3.63, 3.8) is 0 Å². The number of nitrogens with one attached hydrogen (secondary N) is 1. The van der Waals surface area contributed by atoms with Crippen molar-refractivity contribution in [1.82, 2.24) is 15.3 Å². The first-order valence-electron chi connectivity index (χ1n) is 22.9. The summed E-state index contributed by atoms with van der Waals surface area (Å²) in [4.78, 5) is 31.8. The molecule has 77 heavy (non-hydrogen) atoms. The smallest absolute Gasteiger partial charge is 0.461 e. The molecule has 2 aromatic heterocycles. The minimum Gasteiger partial charge on any atom is -0.481 e. The van der Waals surface area contributed by atoms with Gasteiger partial charge in [0.15, 0.2) is 0 Å². The second-order valence-electron chi connectivity index (χ2n) is 17.5. The number of ether oxygens (including phenoxy) is 2. The molecule has 2 atom stereocenters. The lowest BCUT2D eigenvalue weighted by Crippen LogP contribution is -2.52. The summed E-state index contributed by atoms with van der Waals surface area (Å²) in [5.74, 6) is -4.82. The molecule has 414 valence electrons. The number of alkyl halides is 8. The van der Waals surface area contributed by atoms with Crippen molar-refractivity contribution in [3.05, 3.63) is 189 Å². The van der Waals surface area contributed by atoms with Crippen molar-refractivity contribution in [1.29, 1.82) is 0 Å². The van der Waals surface area contributed by atoms with E-state index in [9.17, 15) is 53.5 Å². The molecule has 4 aromatic carbocycles. The molecule has 10 nitrogen and oxygen atoms in total. The van der Waals surface area contributed by atoms with Crippen LogP contribution >= 0.6 is 44.6 Å². The number of carboxylic acids is 1. The Labute approximate surface area is 456 Å². The van der Waals surface area contributed by atoms with E-state index in [1.54, 1.807) is 60.7 Å². The minimum atomic E-state index is -4.85. The van der Waals surface area contributed by atoms with E-state index in [1.807, 2.05) is 0 Å². The number of rotatable bonds is 17. The molecule has 0 aliphatic heterocycles. The number of halogens is 14. The third-order valence-electron chi connectivity index (χ3n) is 12.0. The zero-order valence-corrected chi connectivity index (χ0v) is 43.7. The van der Waals surface area contributed by atoms with E-state index in [0.29, 0.717) is 40.6 Å². The number of pyridine rings is 2. The maximum absolute atomic E-state index is 14.8.